The molecule has 14 rings (SSSR count). The van der Waals surface area contributed by atoms with Gasteiger partial charge in [-0.15, -0.1) is 0 Å². The van der Waals surface area contributed by atoms with Gasteiger partial charge in [-0.2, -0.15) is 0 Å². The number of rotatable bonds is 2. The molecule has 72 heavy (non-hydrogen) atoms. The molecule has 0 aliphatic heterocycles. The molecule has 0 spiro atoms. The summed E-state index contributed by atoms with van der Waals surface area (Å²) in [6.07, 6.45) is 10.9. The van der Waals surface area contributed by atoms with Crippen molar-refractivity contribution in [3.05, 3.63) is 219 Å². The molecule has 0 saturated carbocycles. The molecular weight excluding hydrogens is 1020 g/mol. The molecule has 7 aromatic carbocycles. The quantitative estimate of drug-likeness (QED) is 0.126. The molecule has 11 heteroatoms. The summed E-state index contributed by atoms with van der Waals surface area (Å²) in [5.74, 6) is 0.909. The maximum Gasteiger partial charge on any atom is 2.00 e. The summed E-state index contributed by atoms with van der Waals surface area (Å²) < 4.78 is 2.33. The Morgan fingerprint density at radius 1 is 0.347 bits per heavy atom. The molecule has 0 aliphatic rings. The Hall–Kier alpha value is -7.81. The maximum absolute atomic E-state index is 5.46. The van der Waals surface area contributed by atoms with Gasteiger partial charge in [0.25, 0.3) is 0 Å². The Labute approximate surface area is 440 Å². The van der Waals surface area contributed by atoms with E-state index >= 15 is 0 Å². The number of aromatic nitrogens is 8. The van der Waals surface area contributed by atoms with E-state index < -0.39 is 0 Å². The van der Waals surface area contributed by atoms with Gasteiger partial charge < -0.3 is 24.8 Å². The van der Waals surface area contributed by atoms with Crippen LogP contribution in [0.1, 0.15) is 26.3 Å². The monoisotopic (exact) mass is 1060 g/mol. The van der Waals surface area contributed by atoms with E-state index in [9.17, 15) is 0 Å². The number of nitrogens with zero attached hydrogens (tertiary/aromatic N) is 8. The van der Waals surface area contributed by atoms with Crippen LogP contribution in [0.25, 0.3) is 115 Å². The van der Waals surface area contributed by atoms with Crippen molar-refractivity contribution in [2.45, 2.75) is 26.2 Å². The van der Waals surface area contributed by atoms with Crippen molar-refractivity contribution in [2.75, 3.05) is 0 Å². The molecule has 0 N–H and O–H groups in total. The third-order valence-electron chi connectivity index (χ3n) is 12.9. The Bertz CT molecular complexity index is 4050. The van der Waals surface area contributed by atoms with Crippen LogP contribution in [0.5, 0.6) is 0 Å². The van der Waals surface area contributed by atoms with E-state index in [1.54, 1.807) is 24.8 Å². The molecule has 8 nitrogen and oxygen atoms in total. The van der Waals surface area contributed by atoms with Crippen LogP contribution in [-0.4, -0.2) is 39.5 Å². The molecule has 0 aliphatic carbocycles. The first kappa shape index (κ1) is 49.2. The van der Waals surface area contributed by atoms with Crippen LogP contribution in [-0.2, 0) is 24.9 Å². The minimum absolute atomic E-state index is 0. The summed E-state index contributed by atoms with van der Waals surface area (Å²) >= 11 is 0. The van der Waals surface area contributed by atoms with Crippen molar-refractivity contribution >= 4 is 98.0 Å². The van der Waals surface area contributed by atoms with Gasteiger partial charge in [0.05, 0.1) is 44.1 Å². The molecule has 14 aromatic rings. The average Bonchev–Trinajstić information content (AvgIpc) is 3.82. The van der Waals surface area contributed by atoms with E-state index in [1.165, 1.54) is 27.1 Å². The van der Waals surface area contributed by atoms with Crippen LogP contribution in [0.4, 0.5) is 0 Å². The molecule has 7 aromatic heterocycles. The fourth-order valence-electron chi connectivity index (χ4n) is 9.57. The smallest absolute Gasteiger partial charge is 1.00 e. The Balaban J connectivity index is 0.000000168. The molecule has 0 atom stereocenters. The Morgan fingerprint density at radius 2 is 0.736 bits per heavy atom. The number of fused-ring (bicyclic) bond motifs is 15. The zero-order valence-corrected chi connectivity index (χ0v) is 42.6. The molecule has 350 valence electrons. The average molecular weight is 1060 g/mol. The molecule has 7 heterocycles. The number of halogens is 2. The molecular formula is C61H44Cl2N8Ru. The fraction of sp³-hybridized carbons (Fsp3) is 0.0656. The third kappa shape index (κ3) is 8.85. The van der Waals surface area contributed by atoms with Gasteiger partial charge in [0.1, 0.15) is 5.82 Å². The number of benzene rings is 7. The second-order valence-electron chi connectivity index (χ2n) is 18.2. The van der Waals surface area contributed by atoms with Crippen LogP contribution in [0.15, 0.2) is 213 Å². The van der Waals surface area contributed by atoms with Gasteiger partial charge >= 0.3 is 19.5 Å². The second-order valence-corrected chi connectivity index (χ2v) is 18.2. The summed E-state index contributed by atoms with van der Waals surface area (Å²) in [7, 11) is 0. The van der Waals surface area contributed by atoms with Crippen LogP contribution in [0.2, 0.25) is 0 Å². The van der Waals surface area contributed by atoms with Crippen molar-refractivity contribution in [3.63, 3.8) is 0 Å². The molecule has 0 fully saturated rings. The van der Waals surface area contributed by atoms with Crippen molar-refractivity contribution in [1.29, 1.82) is 0 Å². The Morgan fingerprint density at radius 3 is 1.24 bits per heavy atom. The molecule has 0 bridgehead atoms. The zero-order chi connectivity index (χ0) is 46.5. The van der Waals surface area contributed by atoms with Gasteiger partial charge in [0.15, 0.2) is 0 Å². The van der Waals surface area contributed by atoms with E-state index in [4.69, 9.17) is 15.0 Å². The largest absolute Gasteiger partial charge is 2.00 e. The van der Waals surface area contributed by atoms with Crippen molar-refractivity contribution in [1.82, 2.24) is 39.5 Å². The number of imidazole rings is 1. The van der Waals surface area contributed by atoms with Gasteiger partial charge in [-0.3, -0.25) is 34.5 Å². The topological polar surface area (TPSA) is 95.2 Å². The van der Waals surface area contributed by atoms with E-state index in [1.807, 2.05) is 48.8 Å². The van der Waals surface area contributed by atoms with Gasteiger partial charge in [0, 0.05) is 80.7 Å². The second kappa shape index (κ2) is 20.5. The van der Waals surface area contributed by atoms with Gasteiger partial charge in [-0.05, 0) is 99.3 Å². The standard InChI is InChI=1S/C37H28N4.2C12H8N2.2ClH.Ru/c1-37(2,3)24-16-18-25(19-17-24)41-35-30-15-9-21-39-33(30)32-29(14-8-20-38-32)34(35)40-36(41)31-22-23-10-4-5-11-26(23)27-12-6-7-13-28(27)31;2*1-3-9-5-6-10-4-2-8-14-12(10)11(9)13-7-1;;;/h4-22H,1-3H3;2*1-8H;2*1H;/q;;;;;+2/p-2. The number of hydrogen-bond donors (Lipinski definition) is 0. The third-order valence-corrected chi connectivity index (χ3v) is 12.9. The fourth-order valence-corrected chi connectivity index (χ4v) is 9.57. The molecule has 0 unspecified atom stereocenters. The van der Waals surface area contributed by atoms with E-state index in [0.717, 1.165) is 93.5 Å². The van der Waals surface area contributed by atoms with E-state index in [0.29, 0.717) is 0 Å². The first-order valence-corrected chi connectivity index (χ1v) is 23.1. The van der Waals surface area contributed by atoms with Gasteiger partial charge in [0.2, 0.25) is 0 Å². The van der Waals surface area contributed by atoms with E-state index in [-0.39, 0.29) is 49.7 Å². The van der Waals surface area contributed by atoms with Crippen molar-refractivity contribution in [2.24, 2.45) is 0 Å². The van der Waals surface area contributed by atoms with Crippen LogP contribution in [0.3, 0.4) is 0 Å². The van der Waals surface area contributed by atoms with Crippen molar-refractivity contribution in [3.8, 4) is 17.1 Å². The number of pyridine rings is 6. The zero-order valence-electron chi connectivity index (χ0n) is 39.4. The summed E-state index contributed by atoms with van der Waals surface area (Å²) in [5, 5.41) is 11.4. The van der Waals surface area contributed by atoms with Crippen LogP contribution >= 0.6 is 0 Å². The summed E-state index contributed by atoms with van der Waals surface area (Å²) in [6.45, 7) is 6.75. The summed E-state index contributed by atoms with van der Waals surface area (Å²) in [6, 6.07) is 61.0. The van der Waals surface area contributed by atoms with Gasteiger partial charge in [-0.25, -0.2) is 4.98 Å². The summed E-state index contributed by atoms with van der Waals surface area (Å²) in [5.41, 5.74) is 11.2. The molecule has 0 saturated heterocycles. The molecule has 0 radical (unpaired) electrons. The summed E-state index contributed by atoms with van der Waals surface area (Å²) in [4.78, 5) is 32.4. The van der Waals surface area contributed by atoms with E-state index in [2.05, 4.69) is 185 Å². The van der Waals surface area contributed by atoms with Crippen LogP contribution in [0, 0.1) is 0 Å². The first-order chi connectivity index (χ1) is 33.9. The number of hydrogen-bond acceptors (Lipinski definition) is 7. The minimum atomic E-state index is 0. The SMILES string of the molecule is CC(C)(C)c1ccc(-n2c(-c3cc4ccccc4c4ccccc34)nc3c4cccnc4c4ncccc4c32)cc1.[Cl-].[Cl-].[Ru+2].c1cnc2c(c1)ccc1cccnc12.c1cnc2c(c1)ccc1cccnc12. The van der Waals surface area contributed by atoms with Gasteiger partial charge in [-0.1, -0.05) is 130 Å². The van der Waals surface area contributed by atoms with Crippen molar-refractivity contribution < 1.29 is 44.3 Å². The minimum Gasteiger partial charge on any atom is -1.00 e. The van der Waals surface area contributed by atoms with Crippen LogP contribution < -0.4 is 24.8 Å². The predicted octanol–water partition coefficient (Wildman–Crippen LogP) is 8.96. The predicted molar refractivity (Wildman–Crippen MR) is 285 cm³/mol. The molecule has 0 amide bonds. The first-order valence-electron chi connectivity index (χ1n) is 23.1. The maximum atomic E-state index is 5.46. The normalized spacial score (nSPS) is 11.2. The Kier molecular flexibility index (Phi) is 14.0.